The SMILES string of the molecule is CN(C)c1cc2c(-c3cccc4ccccc34)c3ccc4ccccc4c3nc2c2ccccc12. The monoisotopic (exact) mass is 448 g/mol. The summed E-state index contributed by atoms with van der Waals surface area (Å²) in [6.45, 7) is 0. The summed E-state index contributed by atoms with van der Waals surface area (Å²) >= 11 is 0. The predicted octanol–water partition coefficient (Wildman–Crippen LogP) is 8.58. The molecule has 0 bridgehead atoms. The van der Waals surface area contributed by atoms with E-state index in [1.54, 1.807) is 0 Å². The van der Waals surface area contributed by atoms with Gasteiger partial charge in [0.1, 0.15) is 0 Å². The van der Waals surface area contributed by atoms with Gasteiger partial charge < -0.3 is 4.90 Å². The summed E-state index contributed by atoms with van der Waals surface area (Å²) in [7, 11) is 4.24. The molecule has 35 heavy (non-hydrogen) atoms. The molecule has 2 nitrogen and oxygen atoms in total. The van der Waals surface area contributed by atoms with Crippen LogP contribution in [0.3, 0.4) is 0 Å². The van der Waals surface area contributed by atoms with Gasteiger partial charge in [-0.25, -0.2) is 4.98 Å². The Hall–Kier alpha value is -4.43. The van der Waals surface area contributed by atoms with Crippen LogP contribution in [0.25, 0.3) is 65.3 Å². The van der Waals surface area contributed by atoms with Crippen molar-refractivity contribution in [2.75, 3.05) is 19.0 Å². The van der Waals surface area contributed by atoms with Gasteiger partial charge in [-0.3, -0.25) is 0 Å². The highest BCUT2D eigenvalue weighted by molar-refractivity contribution is 6.24. The van der Waals surface area contributed by atoms with E-state index in [9.17, 15) is 0 Å². The molecule has 0 unspecified atom stereocenters. The van der Waals surface area contributed by atoms with Gasteiger partial charge in [-0.05, 0) is 27.8 Å². The quantitative estimate of drug-likeness (QED) is 0.194. The first-order chi connectivity index (χ1) is 17.2. The lowest BCUT2D eigenvalue weighted by molar-refractivity contribution is 1.14. The topological polar surface area (TPSA) is 16.1 Å². The average Bonchev–Trinajstić information content (AvgIpc) is 2.91. The third-order valence-corrected chi connectivity index (χ3v) is 7.20. The Morgan fingerprint density at radius 1 is 0.486 bits per heavy atom. The van der Waals surface area contributed by atoms with Crippen LogP contribution >= 0.6 is 0 Å². The Bertz CT molecular complexity index is 1930. The van der Waals surface area contributed by atoms with Crippen molar-refractivity contribution in [1.82, 2.24) is 4.98 Å². The molecule has 166 valence electrons. The molecule has 0 amide bonds. The summed E-state index contributed by atoms with van der Waals surface area (Å²) in [5.74, 6) is 0. The zero-order valence-electron chi connectivity index (χ0n) is 19.8. The number of rotatable bonds is 2. The van der Waals surface area contributed by atoms with E-state index in [-0.39, 0.29) is 0 Å². The molecule has 0 radical (unpaired) electrons. The fourth-order valence-corrected chi connectivity index (χ4v) is 5.59. The maximum atomic E-state index is 5.38. The van der Waals surface area contributed by atoms with Crippen LogP contribution in [0.5, 0.6) is 0 Å². The van der Waals surface area contributed by atoms with Crippen molar-refractivity contribution in [2.45, 2.75) is 0 Å². The summed E-state index contributed by atoms with van der Waals surface area (Å²) in [4.78, 5) is 7.59. The third kappa shape index (κ3) is 2.93. The molecule has 6 aromatic carbocycles. The van der Waals surface area contributed by atoms with Crippen LogP contribution in [0.15, 0.2) is 109 Å². The molecule has 0 N–H and O–H groups in total. The molecule has 0 saturated heterocycles. The molecule has 0 spiro atoms. The van der Waals surface area contributed by atoms with E-state index >= 15 is 0 Å². The Kier molecular flexibility index (Phi) is 4.31. The smallest absolute Gasteiger partial charge is 0.0796 e. The van der Waals surface area contributed by atoms with Gasteiger partial charge in [-0.15, -0.1) is 0 Å². The van der Waals surface area contributed by atoms with E-state index in [0.29, 0.717) is 0 Å². The highest BCUT2D eigenvalue weighted by Crippen LogP contribution is 2.44. The molecule has 7 rings (SSSR count). The molecule has 0 aliphatic rings. The van der Waals surface area contributed by atoms with Crippen LogP contribution in [0.4, 0.5) is 5.69 Å². The Labute approximate surface area is 204 Å². The fraction of sp³-hybridized carbons (Fsp3) is 0.0606. The summed E-state index contributed by atoms with van der Waals surface area (Å²) in [6, 6.07) is 39.3. The number of pyridine rings is 1. The van der Waals surface area contributed by atoms with Crippen molar-refractivity contribution in [2.24, 2.45) is 0 Å². The van der Waals surface area contributed by atoms with Gasteiger partial charge in [-0.1, -0.05) is 103 Å². The molecular formula is C33H24N2. The summed E-state index contributed by atoms with van der Waals surface area (Å²) in [5, 5.41) is 9.69. The zero-order valence-corrected chi connectivity index (χ0v) is 19.8. The van der Waals surface area contributed by atoms with Gasteiger partial charge in [-0.2, -0.15) is 0 Å². The highest BCUT2D eigenvalue weighted by atomic mass is 15.1. The maximum Gasteiger partial charge on any atom is 0.0796 e. The molecule has 0 fully saturated rings. The van der Waals surface area contributed by atoms with Crippen molar-refractivity contribution in [3.63, 3.8) is 0 Å². The lowest BCUT2D eigenvalue weighted by atomic mass is 9.89. The van der Waals surface area contributed by atoms with Gasteiger partial charge in [0.15, 0.2) is 0 Å². The number of aromatic nitrogens is 1. The molecule has 0 aliphatic heterocycles. The molecule has 7 aromatic rings. The van der Waals surface area contributed by atoms with Crippen molar-refractivity contribution >= 4 is 59.8 Å². The second-order valence-corrected chi connectivity index (χ2v) is 9.43. The standard InChI is InChI=1S/C33H24N2/c1-35(2)30-20-29-31(26-17-9-12-21-10-3-5-13-23(21)26)28-19-18-22-11-4-6-14-24(22)32(28)34-33(29)27-16-8-7-15-25(27)30/h3-20H,1-2H3. The van der Waals surface area contributed by atoms with Crippen LogP contribution in [0.1, 0.15) is 0 Å². The number of hydrogen-bond donors (Lipinski definition) is 0. The van der Waals surface area contributed by atoms with Crippen molar-refractivity contribution < 1.29 is 0 Å². The van der Waals surface area contributed by atoms with E-state index in [0.717, 1.165) is 11.0 Å². The lowest BCUT2D eigenvalue weighted by Gasteiger charge is -2.20. The summed E-state index contributed by atoms with van der Waals surface area (Å²) < 4.78 is 0. The van der Waals surface area contributed by atoms with Crippen molar-refractivity contribution in [1.29, 1.82) is 0 Å². The highest BCUT2D eigenvalue weighted by Gasteiger charge is 2.19. The Morgan fingerprint density at radius 3 is 1.86 bits per heavy atom. The minimum atomic E-state index is 1.05. The zero-order chi connectivity index (χ0) is 23.5. The Balaban J connectivity index is 1.79. The lowest BCUT2D eigenvalue weighted by Crippen LogP contribution is -2.09. The second-order valence-electron chi connectivity index (χ2n) is 9.43. The molecule has 0 saturated carbocycles. The minimum absolute atomic E-state index is 1.05. The van der Waals surface area contributed by atoms with E-state index in [1.165, 1.54) is 59.9 Å². The minimum Gasteiger partial charge on any atom is -0.377 e. The number of fused-ring (bicyclic) bond motifs is 7. The van der Waals surface area contributed by atoms with Crippen LogP contribution in [0.2, 0.25) is 0 Å². The molecule has 0 atom stereocenters. The predicted molar refractivity (Wildman–Crippen MR) is 152 cm³/mol. The van der Waals surface area contributed by atoms with Gasteiger partial charge >= 0.3 is 0 Å². The average molecular weight is 449 g/mol. The van der Waals surface area contributed by atoms with Crippen molar-refractivity contribution in [3.05, 3.63) is 109 Å². The largest absolute Gasteiger partial charge is 0.377 e. The van der Waals surface area contributed by atoms with Crippen LogP contribution in [-0.4, -0.2) is 19.1 Å². The summed E-state index contributed by atoms with van der Waals surface area (Å²) in [6.07, 6.45) is 0. The second kappa shape index (κ2) is 7.54. The van der Waals surface area contributed by atoms with Gasteiger partial charge in [0.05, 0.1) is 11.0 Å². The molecule has 2 heteroatoms. The van der Waals surface area contributed by atoms with E-state index in [4.69, 9.17) is 4.98 Å². The number of anilines is 1. The third-order valence-electron chi connectivity index (χ3n) is 7.20. The first-order valence-corrected chi connectivity index (χ1v) is 12.0. The Morgan fingerprint density at radius 2 is 1.09 bits per heavy atom. The maximum absolute atomic E-state index is 5.38. The molecular weight excluding hydrogens is 424 g/mol. The normalized spacial score (nSPS) is 11.7. The van der Waals surface area contributed by atoms with Gasteiger partial charge in [0.25, 0.3) is 0 Å². The molecule has 0 aliphatic carbocycles. The van der Waals surface area contributed by atoms with Crippen LogP contribution in [0, 0.1) is 0 Å². The first-order valence-electron chi connectivity index (χ1n) is 12.0. The van der Waals surface area contributed by atoms with Crippen LogP contribution < -0.4 is 4.90 Å². The number of hydrogen-bond acceptors (Lipinski definition) is 2. The van der Waals surface area contributed by atoms with Crippen molar-refractivity contribution in [3.8, 4) is 11.1 Å². The first kappa shape index (κ1) is 20.0. The number of benzene rings is 6. The molecule has 1 heterocycles. The van der Waals surface area contributed by atoms with E-state index in [2.05, 4.69) is 128 Å². The van der Waals surface area contributed by atoms with Crippen LogP contribution in [-0.2, 0) is 0 Å². The van der Waals surface area contributed by atoms with E-state index in [1.807, 2.05) is 0 Å². The number of nitrogens with zero attached hydrogens (tertiary/aromatic N) is 2. The van der Waals surface area contributed by atoms with E-state index < -0.39 is 0 Å². The van der Waals surface area contributed by atoms with Gasteiger partial charge in [0.2, 0.25) is 0 Å². The summed E-state index contributed by atoms with van der Waals surface area (Å²) in [5.41, 5.74) is 5.81. The fourth-order valence-electron chi connectivity index (χ4n) is 5.59. The molecule has 1 aromatic heterocycles. The van der Waals surface area contributed by atoms with Gasteiger partial charge in [0, 0.05) is 52.3 Å².